The quantitative estimate of drug-likeness (QED) is 0.0840. The molecule has 3 aliphatic rings. The highest BCUT2D eigenvalue weighted by atomic mass is 16.7. The fourth-order valence-electron chi connectivity index (χ4n) is 4.84. The molecule has 23 nitrogen and oxygen atoms in total. The molecule has 0 bridgehead atoms. The maximum atomic E-state index is 11.3. The minimum atomic E-state index is -1.90. The molecular weight excluding hydrogens is 560 g/mol. The highest BCUT2D eigenvalue weighted by Gasteiger charge is 2.53. The minimum Gasteiger partial charge on any atom is -0.394 e. The van der Waals surface area contributed by atoms with Crippen LogP contribution in [0.5, 0.6) is 0 Å². The van der Waals surface area contributed by atoms with Crippen LogP contribution in [0, 0.1) is 0 Å². The molecule has 1 aliphatic carbocycles. The summed E-state index contributed by atoms with van der Waals surface area (Å²) in [7, 11) is 0. The summed E-state index contributed by atoms with van der Waals surface area (Å²) in [4.78, 5) is 10.5. The molecule has 0 radical (unpaired) electrons. The molecule has 2 aliphatic heterocycles. The minimum absolute atomic E-state index is 0.328. The van der Waals surface area contributed by atoms with E-state index in [9.17, 15) is 35.7 Å². The summed E-state index contributed by atoms with van der Waals surface area (Å²) >= 11 is 0. The molecule has 226 valence electrons. The molecule has 1 saturated carbocycles. The third kappa shape index (κ3) is 7.00. The van der Waals surface area contributed by atoms with Crippen LogP contribution in [0.25, 0.3) is 41.8 Å². The molecule has 2 heterocycles. The number of aliphatic hydroxyl groups excluding tert-OH is 7. The van der Waals surface area contributed by atoms with Crippen molar-refractivity contribution in [1.29, 1.82) is 0 Å². The number of ether oxygens (including phenoxy) is 4. The zero-order valence-electron chi connectivity index (χ0n) is 20.9. The topological polar surface area (TPSA) is 374 Å². The third-order valence-corrected chi connectivity index (χ3v) is 6.92. The average molecular weight is 588 g/mol. The van der Waals surface area contributed by atoms with Gasteiger partial charge in [-0.15, -0.1) is 0 Å². The number of aliphatic hydroxyl groups is 7. The van der Waals surface area contributed by atoms with E-state index in [0.717, 1.165) is 0 Å². The van der Waals surface area contributed by atoms with Gasteiger partial charge in [-0.05, 0) is 28.5 Å². The monoisotopic (exact) mass is 588 g/mol. The molecule has 2 saturated heterocycles. The van der Waals surface area contributed by atoms with Crippen LogP contribution in [0.3, 0.4) is 0 Å². The van der Waals surface area contributed by atoms with Crippen LogP contribution in [0.4, 0.5) is 0 Å². The summed E-state index contributed by atoms with van der Waals surface area (Å²) in [6, 6.07) is -4.13. The van der Waals surface area contributed by atoms with Crippen molar-refractivity contribution in [2.24, 2.45) is 20.5 Å². The van der Waals surface area contributed by atoms with Crippen molar-refractivity contribution in [3.63, 3.8) is 0 Å². The predicted molar refractivity (Wildman–Crippen MR) is 128 cm³/mol. The standard InChI is InChI=1S/C18H28N12O11/c19-27-23-2-6-10(33)12(35)13(36)18(38-6)41-16-5(25-29-21)1-4(24-28-20)15(14(16)37)40-17-11(34)8(26-30-22)9(32)7(3-31)39-17/h4-18,31-37H,1-3H2/t4?,5?,6?,7-,8?,9-,10-,11-,12+,13?,14-,15-,16?,17?,18-/m1/s1. The molecule has 3 fully saturated rings. The van der Waals surface area contributed by atoms with Gasteiger partial charge in [0.2, 0.25) is 0 Å². The molecule has 15 atom stereocenters. The van der Waals surface area contributed by atoms with E-state index >= 15 is 0 Å². The number of rotatable bonds is 10. The smallest absolute Gasteiger partial charge is 0.186 e. The van der Waals surface area contributed by atoms with Gasteiger partial charge in [0.05, 0.1) is 55.7 Å². The molecule has 0 aromatic heterocycles. The Balaban J connectivity index is 1.91. The average Bonchev–Trinajstić information content (AvgIpc) is 2.95. The first-order valence-electron chi connectivity index (χ1n) is 12.1. The zero-order chi connectivity index (χ0) is 30.3. The van der Waals surface area contributed by atoms with Crippen LogP contribution in [-0.2, 0) is 18.9 Å². The van der Waals surface area contributed by atoms with Crippen molar-refractivity contribution in [3.8, 4) is 0 Å². The van der Waals surface area contributed by atoms with Crippen LogP contribution >= 0.6 is 0 Å². The number of nitrogens with zero attached hydrogens (tertiary/aromatic N) is 12. The Morgan fingerprint density at radius 2 is 1.17 bits per heavy atom. The van der Waals surface area contributed by atoms with E-state index in [-0.39, 0.29) is 6.42 Å². The lowest BCUT2D eigenvalue weighted by Crippen LogP contribution is -2.65. The van der Waals surface area contributed by atoms with Gasteiger partial charge >= 0.3 is 0 Å². The second-order valence-corrected chi connectivity index (χ2v) is 9.30. The first kappa shape index (κ1) is 32.3. The maximum absolute atomic E-state index is 11.3. The molecule has 41 heavy (non-hydrogen) atoms. The van der Waals surface area contributed by atoms with Crippen LogP contribution in [0.2, 0.25) is 0 Å². The highest BCUT2D eigenvalue weighted by Crippen LogP contribution is 2.35. The van der Waals surface area contributed by atoms with Gasteiger partial charge in [-0.1, -0.05) is 20.5 Å². The van der Waals surface area contributed by atoms with E-state index < -0.39 is 105 Å². The van der Waals surface area contributed by atoms with Crippen LogP contribution in [0.1, 0.15) is 6.42 Å². The third-order valence-electron chi connectivity index (χ3n) is 6.92. The number of azide groups is 4. The van der Waals surface area contributed by atoms with E-state index in [1.165, 1.54) is 0 Å². The van der Waals surface area contributed by atoms with E-state index in [4.69, 9.17) is 41.1 Å². The van der Waals surface area contributed by atoms with E-state index in [1.807, 2.05) is 0 Å². The lowest BCUT2D eigenvalue weighted by Gasteiger charge is -2.47. The second kappa shape index (κ2) is 14.6. The van der Waals surface area contributed by atoms with Crippen LogP contribution < -0.4 is 0 Å². The first-order valence-corrected chi connectivity index (χ1v) is 12.1. The molecule has 7 unspecified atom stereocenters. The van der Waals surface area contributed by atoms with Crippen molar-refractivity contribution in [2.75, 3.05) is 13.2 Å². The SMILES string of the molecule is [N-]=[N+]=NCC1O[C@H](OC2C(N=[N+]=[N-])CC(N=[N+]=[N-])[C@@H](OC3O[C@H](CO)[C@@H](O)C(N=[N+]=[N-])[C@H]3O)[C@H]2O)C(O)[C@@H](O)[C@@H]1O. The van der Waals surface area contributed by atoms with Gasteiger partial charge in [-0.25, -0.2) is 0 Å². The summed E-state index contributed by atoms with van der Waals surface area (Å²) in [5, 5.41) is 86.3. The number of hydrogen-bond donors (Lipinski definition) is 7. The largest absolute Gasteiger partial charge is 0.394 e. The summed E-state index contributed by atoms with van der Waals surface area (Å²) in [5.41, 5.74) is 35.6. The zero-order valence-corrected chi connectivity index (χ0v) is 20.9. The Labute approximate surface area is 228 Å². The Hall–Kier alpha value is -3.20. The molecule has 0 aromatic rings. The van der Waals surface area contributed by atoms with Crippen molar-refractivity contribution in [1.82, 2.24) is 0 Å². The summed E-state index contributed by atoms with van der Waals surface area (Å²) in [6.45, 7) is -1.26. The molecule has 0 aromatic carbocycles. The van der Waals surface area contributed by atoms with E-state index in [0.29, 0.717) is 0 Å². The summed E-state index contributed by atoms with van der Waals surface area (Å²) in [5.74, 6) is 0. The Morgan fingerprint density at radius 1 is 0.634 bits per heavy atom. The fourth-order valence-corrected chi connectivity index (χ4v) is 4.84. The summed E-state index contributed by atoms with van der Waals surface area (Å²) in [6.07, 6.45) is -20.6. The van der Waals surface area contributed by atoms with Crippen molar-refractivity contribution < 1.29 is 54.7 Å². The second-order valence-electron chi connectivity index (χ2n) is 9.30. The fraction of sp³-hybridized carbons (Fsp3) is 1.00. The predicted octanol–water partition coefficient (Wildman–Crippen LogP) is -1.89. The van der Waals surface area contributed by atoms with Crippen molar-refractivity contribution in [3.05, 3.63) is 41.8 Å². The molecule has 0 spiro atoms. The Morgan fingerprint density at radius 3 is 1.68 bits per heavy atom. The van der Waals surface area contributed by atoms with Gasteiger partial charge in [-0.3, -0.25) is 0 Å². The van der Waals surface area contributed by atoms with Gasteiger partial charge in [0.15, 0.2) is 12.6 Å². The molecule has 23 heteroatoms. The highest BCUT2D eigenvalue weighted by molar-refractivity contribution is 5.04. The molecule has 3 rings (SSSR count). The van der Waals surface area contributed by atoms with Crippen LogP contribution in [0.15, 0.2) is 20.5 Å². The maximum Gasteiger partial charge on any atom is 0.186 e. The molecular formula is C18H28N12O11. The molecule has 7 N–H and O–H groups in total. The van der Waals surface area contributed by atoms with Crippen molar-refractivity contribution in [2.45, 2.75) is 98.2 Å². The van der Waals surface area contributed by atoms with E-state index in [2.05, 4.69) is 40.1 Å². The van der Waals surface area contributed by atoms with Crippen LogP contribution in [-0.4, -0.2) is 141 Å². The first-order chi connectivity index (χ1) is 19.6. The molecule has 0 amide bonds. The van der Waals surface area contributed by atoms with Gasteiger partial charge in [0.1, 0.15) is 36.6 Å². The van der Waals surface area contributed by atoms with Gasteiger partial charge < -0.3 is 54.7 Å². The van der Waals surface area contributed by atoms with Gasteiger partial charge in [-0.2, -0.15) is 0 Å². The lowest BCUT2D eigenvalue weighted by molar-refractivity contribution is -0.331. The van der Waals surface area contributed by atoms with Gasteiger partial charge in [0, 0.05) is 19.6 Å². The summed E-state index contributed by atoms with van der Waals surface area (Å²) < 4.78 is 22.2. The Bertz CT molecular complexity index is 1100. The lowest BCUT2D eigenvalue weighted by atomic mass is 9.84. The van der Waals surface area contributed by atoms with Crippen molar-refractivity contribution >= 4 is 0 Å². The Kier molecular flexibility index (Phi) is 11.5. The number of hydrogen-bond acceptors (Lipinski definition) is 15. The van der Waals surface area contributed by atoms with Gasteiger partial charge in [0.25, 0.3) is 0 Å². The normalized spacial score (nSPS) is 44.3. The van der Waals surface area contributed by atoms with E-state index in [1.54, 1.807) is 0 Å².